The molecule has 0 bridgehead atoms. The lowest BCUT2D eigenvalue weighted by atomic mass is 10.1. The first kappa shape index (κ1) is 17.7. The summed E-state index contributed by atoms with van der Waals surface area (Å²) < 4.78 is 32.5. The molecule has 3 rings (SSSR count). The monoisotopic (exact) mass is 372 g/mol. The van der Waals surface area contributed by atoms with Crippen molar-refractivity contribution in [1.82, 2.24) is 0 Å². The van der Waals surface area contributed by atoms with Crippen LogP contribution in [-0.4, -0.2) is 24.0 Å². The Morgan fingerprint density at radius 2 is 1.77 bits per heavy atom. The van der Waals surface area contributed by atoms with Gasteiger partial charge in [0.1, 0.15) is 10.6 Å². The highest BCUT2D eigenvalue weighted by Crippen LogP contribution is 2.32. The molecule has 0 aromatic heterocycles. The molecule has 0 radical (unpaired) electrons. The summed E-state index contributed by atoms with van der Waals surface area (Å²) in [5.41, 5.74) is 7.81. The molecule has 0 heterocycles. The van der Waals surface area contributed by atoms with Gasteiger partial charge in [0.05, 0.1) is 0 Å². The largest absolute Gasteiger partial charge is 0.508 e. The van der Waals surface area contributed by atoms with E-state index in [9.17, 15) is 22.9 Å². The third-order valence-corrected chi connectivity index (χ3v) is 4.93. The number of nitrogens with two attached hydrogens (primary N) is 1. The summed E-state index contributed by atoms with van der Waals surface area (Å²) in [7, 11) is -4.49. The second-order valence-electron chi connectivity index (χ2n) is 5.84. The van der Waals surface area contributed by atoms with Gasteiger partial charge in [0.25, 0.3) is 16.0 Å². The number of phenols is 1. The van der Waals surface area contributed by atoms with E-state index in [0.717, 1.165) is 5.56 Å². The number of anilines is 2. The first-order valence-electron chi connectivity index (χ1n) is 7.57. The standard InChI is InChI=1S/C18H16N2O5S/c1-10-8-11(2-5-15(10)19)18(22)20-16-6-7-17(26(23,24)25)14-9-12(21)3-4-13(14)16/h2-9,21H,19H2,1H3,(H,20,22)(H,23,24,25). The van der Waals surface area contributed by atoms with Gasteiger partial charge in [0, 0.05) is 27.7 Å². The van der Waals surface area contributed by atoms with E-state index in [4.69, 9.17) is 5.73 Å². The first-order chi connectivity index (χ1) is 12.2. The summed E-state index contributed by atoms with van der Waals surface area (Å²) in [6, 6.07) is 11.4. The lowest BCUT2D eigenvalue weighted by molar-refractivity contribution is 0.102. The molecule has 0 aliphatic carbocycles. The van der Waals surface area contributed by atoms with Crippen LogP contribution in [-0.2, 0) is 10.1 Å². The number of hydrogen-bond acceptors (Lipinski definition) is 5. The number of carbonyl (C=O) groups is 1. The average molecular weight is 372 g/mol. The molecule has 7 nitrogen and oxygen atoms in total. The van der Waals surface area contributed by atoms with Gasteiger partial charge >= 0.3 is 0 Å². The third kappa shape index (κ3) is 3.32. The zero-order valence-electron chi connectivity index (χ0n) is 13.7. The Balaban J connectivity index is 2.08. The fraction of sp³-hybridized carbons (Fsp3) is 0.0556. The number of amides is 1. The van der Waals surface area contributed by atoms with E-state index in [1.54, 1.807) is 25.1 Å². The smallest absolute Gasteiger partial charge is 0.295 e. The number of aryl methyl sites for hydroxylation is 1. The Kier molecular flexibility index (Phi) is 4.31. The van der Waals surface area contributed by atoms with Crippen LogP contribution in [0.25, 0.3) is 10.8 Å². The van der Waals surface area contributed by atoms with Crippen LogP contribution in [0.3, 0.4) is 0 Å². The minimum absolute atomic E-state index is 0.0961. The maximum atomic E-state index is 12.5. The van der Waals surface area contributed by atoms with E-state index in [1.807, 2.05) is 0 Å². The Labute approximate surface area is 149 Å². The number of nitrogens with one attached hydrogen (secondary N) is 1. The molecule has 0 saturated heterocycles. The highest BCUT2D eigenvalue weighted by molar-refractivity contribution is 7.86. The number of hydrogen-bond donors (Lipinski definition) is 4. The fourth-order valence-electron chi connectivity index (χ4n) is 2.65. The Hall–Kier alpha value is -3.10. The Bertz CT molecular complexity index is 1140. The van der Waals surface area contributed by atoms with Crippen molar-refractivity contribution in [3.05, 3.63) is 59.7 Å². The molecule has 8 heteroatoms. The van der Waals surface area contributed by atoms with E-state index >= 15 is 0 Å². The van der Waals surface area contributed by atoms with Crippen molar-refractivity contribution in [2.24, 2.45) is 0 Å². The average Bonchev–Trinajstić information content (AvgIpc) is 2.56. The SMILES string of the molecule is Cc1cc(C(=O)Nc2ccc(S(=O)(=O)O)c3cc(O)ccc23)ccc1N. The summed E-state index contributed by atoms with van der Waals surface area (Å²) in [5.74, 6) is -0.567. The molecule has 0 unspecified atom stereocenters. The maximum Gasteiger partial charge on any atom is 0.295 e. The molecule has 1 amide bonds. The van der Waals surface area contributed by atoms with E-state index in [-0.39, 0.29) is 16.0 Å². The number of benzene rings is 3. The fourth-order valence-corrected chi connectivity index (χ4v) is 3.34. The summed E-state index contributed by atoms with van der Waals surface area (Å²) in [5, 5.41) is 12.8. The molecule has 0 aliphatic heterocycles. The Morgan fingerprint density at radius 1 is 1.04 bits per heavy atom. The molecule has 134 valence electrons. The molecule has 0 atom stereocenters. The van der Waals surface area contributed by atoms with Gasteiger partial charge in [0.2, 0.25) is 0 Å². The minimum Gasteiger partial charge on any atom is -0.508 e. The quantitative estimate of drug-likeness (QED) is 0.413. The van der Waals surface area contributed by atoms with Crippen LogP contribution in [0.2, 0.25) is 0 Å². The zero-order chi connectivity index (χ0) is 19.1. The molecular weight excluding hydrogens is 356 g/mol. The molecule has 3 aromatic carbocycles. The lowest BCUT2D eigenvalue weighted by Gasteiger charge is -2.12. The second-order valence-corrected chi connectivity index (χ2v) is 7.23. The van der Waals surface area contributed by atoms with Gasteiger partial charge in [-0.3, -0.25) is 9.35 Å². The van der Waals surface area contributed by atoms with E-state index in [0.29, 0.717) is 22.3 Å². The Morgan fingerprint density at radius 3 is 2.42 bits per heavy atom. The summed E-state index contributed by atoms with van der Waals surface area (Å²) in [4.78, 5) is 12.1. The van der Waals surface area contributed by atoms with Gasteiger partial charge in [-0.1, -0.05) is 0 Å². The molecule has 0 spiro atoms. The van der Waals surface area contributed by atoms with Crippen LogP contribution in [0, 0.1) is 6.92 Å². The summed E-state index contributed by atoms with van der Waals surface area (Å²) in [6.07, 6.45) is 0. The number of rotatable bonds is 3. The molecule has 26 heavy (non-hydrogen) atoms. The van der Waals surface area contributed by atoms with Crippen molar-refractivity contribution in [1.29, 1.82) is 0 Å². The topological polar surface area (TPSA) is 130 Å². The van der Waals surface area contributed by atoms with E-state index in [2.05, 4.69) is 5.32 Å². The number of carbonyl (C=O) groups excluding carboxylic acids is 1. The highest BCUT2D eigenvalue weighted by Gasteiger charge is 2.18. The lowest BCUT2D eigenvalue weighted by Crippen LogP contribution is -2.13. The van der Waals surface area contributed by atoms with Crippen LogP contribution in [0.5, 0.6) is 5.75 Å². The summed E-state index contributed by atoms with van der Waals surface area (Å²) >= 11 is 0. The molecule has 0 saturated carbocycles. The van der Waals surface area contributed by atoms with Gasteiger partial charge in [-0.25, -0.2) is 0 Å². The predicted molar refractivity (Wildman–Crippen MR) is 99.0 cm³/mol. The third-order valence-electron chi connectivity index (χ3n) is 4.02. The van der Waals surface area contributed by atoms with Crippen LogP contribution in [0.15, 0.2) is 53.4 Å². The van der Waals surface area contributed by atoms with Gasteiger partial charge in [0.15, 0.2) is 0 Å². The zero-order valence-corrected chi connectivity index (χ0v) is 14.5. The molecular formula is C18H16N2O5S. The van der Waals surface area contributed by atoms with Gasteiger partial charge in [-0.2, -0.15) is 8.42 Å². The molecule has 5 N–H and O–H groups in total. The minimum atomic E-state index is -4.49. The number of nitrogen functional groups attached to an aromatic ring is 1. The van der Waals surface area contributed by atoms with Crippen molar-refractivity contribution < 1.29 is 22.9 Å². The number of phenolic OH excluding ortho intramolecular Hbond substituents is 1. The van der Waals surface area contributed by atoms with Gasteiger partial charge in [-0.15, -0.1) is 0 Å². The van der Waals surface area contributed by atoms with Crippen molar-refractivity contribution in [3.8, 4) is 5.75 Å². The maximum absolute atomic E-state index is 12.5. The van der Waals surface area contributed by atoms with Crippen LogP contribution < -0.4 is 11.1 Å². The highest BCUT2D eigenvalue weighted by atomic mass is 32.2. The van der Waals surface area contributed by atoms with Crippen LogP contribution in [0.4, 0.5) is 11.4 Å². The van der Waals surface area contributed by atoms with Crippen molar-refractivity contribution in [2.75, 3.05) is 11.1 Å². The van der Waals surface area contributed by atoms with Gasteiger partial charge in [-0.05, 0) is 61.0 Å². The van der Waals surface area contributed by atoms with Crippen molar-refractivity contribution in [3.63, 3.8) is 0 Å². The second kappa shape index (κ2) is 6.32. The van der Waals surface area contributed by atoms with E-state index < -0.39 is 16.0 Å². The molecule has 0 fully saturated rings. The first-order valence-corrected chi connectivity index (χ1v) is 9.01. The molecule has 3 aromatic rings. The van der Waals surface area contributed by atoms with E-state index in [1.165, 1.54) is 30.3 Å². The van der Waals surface area contributed by atoms with Crippen molar-refractivity contribution >= 4 is 38.2 Å². The van der Waals surface area contributed by atoms with Crippen LogP contribution in [0.1, 0.15) is 15.9 Å². The predicted octanol–water partition coefficient (Wildman–Crippen LogP) is 2.94. The summed E-state index contributed by atoms with van der Waals surface area (Å²) in [6.45, 7) is 1.78. The number of fused-ring (bicyclic) bond motifs is 1. The molecule has 0 aliphatic rings. The van der Waals surface area contributed by atoms with Crippen molar-refractivity contribution in [2.45, 2.75) is 11.8 Å². The normalized spacial score (nSPS) is 11.5. The van der Waals surface area contributed by atoms with Crippen LogP contribution >= 0.6 is 0 Å². The van der Waals surface area contributed by atoms with Gasteiger partial charge < -0.3 is 16.2 Å². The number of aromatic hydroxyl groups is 1.